The SMILES string of the molecule is O=[N+]([O-])c1cc2c(cc1NC1CCCNC1)OCCO2. The summed E-state index contributed by atoms with van der Waals surface area (Å²) >= 11 is 0. The van der Waals surface area contributed by atoms with Crippen LogP contribution in [-0.4, -0.2) is 37.3 Å². The number of hydrogen-bond donors (Lipinski definition) is 2. The summed E-state index contributed by atoms with van der Waals surface area (Å²) in [6.07, 6.45) is 2.06. The molecule has 7 nitrogen and oxygen atoms in total. The normalized spacial score (nSPS) is 21.3. The predicted molar refractivity (Wildman–Crippen MR) is 73.6 cm³/mol. The Balaban J connectivity index is 1.88. The Bertz CT molecular complexity index is 515. The molecule has 0 aromatic heterocycles. The Hall–Kier alpha value is -2.02. The van der Waals surface area contributed by atoms with E-state index in [0.29, 0.717) is 30.4 Å². The maximum absolute atomic E-state index is 11.2. The molecule has 1 aromatic rings. The number of nitrogens with zero attached hydrogens (tertiary/aromatic N) is 1. The molecule has 1 fully saturated rings. The van der Waals surface area contributed by atoms with Gasteiger partial charge in [0.25, 0.3) is 5.69 Å². The Morgan fingerprint density at radius 2 is 2.05 bits per heavy atom. The van der Waals surface area contributed by atoms with Crippen molar-refractivity contribution in [3.63, 3.8) is 0 Å². The van der Waals surface area contributed by atoms with Gasteiger partial charge >= 0.3 is 0 Å². The summed E-state index contributed by atoms with van der Waals surface area (Å²) in [6, 6.07) is 3.30. The highest BCUT2D eigenvalue weighted by Crippen LogP contribution is 2.39. The van der Waals surface area contributed by atoms with Gasteiger partial charge in [0, 0.05) is 18.7 Å². The fourth-order valence-corrected chi connectivity index (χ4v) is 2.54. The molecular weight excluding hydrogens is 262 g/mol. The lowest BCUT2D eigenvalue weighted by Gasteiger charge is -2.25. The van der Waals surface area contributed by atoms with Gasteiger partial charge in [0.1, 0.15) is 18.9 Å². The van der Waals surface area contributed by atoms with Gasteiger partial charge in [0.15, 0.2) is 11.5 Å². The molecule has 2 N–H and O–H groups in total. The molecule has 1 unspecified atom stereocenters. The van der Waals surface area contributed by atoms with Gasteiger partial charge in [-0.3, -0.25) is 10.1 Å². The molecule has 0 spiro atoms. The van der Waals surface area contributed by atoms with Crippen LogP contribution in [0, 0.1) is 10.1 Å². The third-order valence-electron chi connectivity index (χ3n) is 3.51. The van der Waals surface area contributed by atoms with E-state index in [9.17, 15) is 10.1 Å². The van der Waals surface area contributed by atoms with Crippen molar-refractivity contribution in [3.8, 4) is 11.5 Å². The van der Waals surface area contributed by atoms with Crippen molar-refractivity contribution in [2.24, 2.45) is 0 Å². The van der Waals surface area contributed by atoms with Crippen molar-refractivity contribution in [2.75, 3.05) is 31.6 Å². The second-order valence-corrected chi connectivity index (χ2v) is 4.96. The van der Waals surface area contributed by atoms with Crippen molar-refractivity contribution in [3.05, 3.63) is 22.2 Å². The molecule has 2 aliphatic rings. The van der Waals surface area contributed by atoms with E-state index in [1.807, 2.05) is 0 Å². The van der Waals surface area contributed by atoms with Gasteiger partial charge in [-0.2, -0.15) is 0 Å². The van der Waals surface area contributed by atoms with Crippen LogP contribution < -0.4 is 20.1 Å². The minimum atomic E-state index is -0.392. The molecule has 7 heteroatoms. The maximum Gasteiger partial charge on any atom is 0.296 e. The topological polar surface area (TPSA) is 85.7 Å². The number of nitro groups is 1. The van der Waals surface area contributed by atoms with Crippen LogP contribution >= 0.6 is 0 Å². The van der Waals surface area contributed by atoms with Crippen LogP contribution in [0.3, 0.4) is 0 Å². The van der Waals surface area contributed by atoms with E-state index in [1.54, 1.807) is 6.07 Å². The van der Waals surface area contributed by atoms with E-state index in [-0.39, 0.29) is 11.7 Å². The van der Waals surface area contributed by atoms with Gasteiger partial charge in [-0.25, -0.2) is 0 Å². The highest BCUT2D eigenvalue weighted by atomic mass is 16.6. The molecular formula is C13H17N3O4. The van der Waals surface area contributed by atoms with E-state index >= 15 is 0 Å². The summed E-state index contributed by atoms with van der Waals surface area (Å²) in [5.74, 6) is 1.00. The number of rotatable bonds is 3. The maximum atomic E-state index is 11.2. The van der Waals surface area contributed by atoms with Crippen molar-refractivity contribution >= 4 is 11.4 Å². The number of nitrogens with one attached hydrogen (secondary N) is 2. The smallest absolute Gasteiger partial charge is 0.296 e. The van der Waals surface area contributed by atoms with Gasteiger partial charge in [-0.1, -0.05) is 0 Å². The molecule has 2 heterocycles. The van der Waals surface area contributed by atoms with Crippen molar-refractivity contribution in [1.29, 1.82) is 0 Å². The Kier molecular flexibility index (Phi) is 3.60. The third kappa shape index (κ3) is 2.62. The van der Waals surface area contributed by atoms with Crippen molar-refractivity contribution < 1.29 is 14.4 Å². The van der Waals surface area contributed by atoms with Crippen LogP contribution in [-0.2, 0) is 0 Å². The number of anilines is 1. The van der Waals surface area contributed by atoms with Crippen LogP contribution in [0.1, 0.15) is 12.8 Å². The number of benzene rings is 1. The fourth-order valence-electron chi connectivity index (χ4n) is 2.54. The van der Waals surface area contributed by atoms with Gasteiger partial charge < -0.3 is 20.1 Å². The monoisotopic (exact) mass is 279 g/mol. The number of ether oxygens (including phenoxy) is 2. The van der Waals surface area contributed by atoms with E-state index < -0.39 is 4.92 Å². The minimum Gasteiger partial charge on any atom is -0.486 e. The number of nitro benzene ring substituents is 1. The van der Waals surface area contributed by atoms with Gasteiger partial charge in [0.05, 0.1) is 11.0 Å². The highest BCUT2D eigenvalue weighted by Gasteiger charge is 2.24. The van der Waals surface area contributed by atoms with E-state index in [4.69, 9.17) is 9.47 Å². The molecule has 1 saturated heterocycles. The molecule has 108 valence electrons. The molecule has 20 heavy (non-hydrogen) atoms. The summed E-state index contributed by atoms with van der Waals surface area (Å²) in [6.45, 7) is 2.70. The predicted octanol–water partition coefficient (Wildman–Crippen LogP) is 1.53. The first-order valence-corrected chi connectivity index (χ1v) is 6.79. The molecule has 0 bridgehead atoms. The summed E-state index contributed by atoms with van der Waals surface area (Å²) in [7, 11) is 0. The lowest BCUT2D eigenvalue weighted by molar-refractivity contribution is -0.384. The largest absolute Gasteiger partial charge is 0.486 e. The molecule has 0 amide bonds. The first-order chi connectivity index (χ1) is 9.74. The number of piperidine rings is 1. The summed E-state index contributed by atoms with van der Waals surface area (Å²) in [5.41, 5.74) is 0.521. The van der Waals surface area contributed by atoms with Crippen molar-refractivity contribution in [1.82, 2.24) is 5.32 Å². The van der Waals surface area contributed by atoms with Crippen LogP contribution in [0.2, 0.25) is 0 Å². The molecule has 3 rings (SSSR count). The lowest BCUT2D eigenvalue weighted by atomic mass is 10.1. The van der Waals surface area contributed by atoms with E-state index in [0.717, 1.165) is 25.9 Å². The summed E-state index contributed by atoms with van der Waals surface area (Å²) in [4.78, 5) is 10.8. The second-order valence-electron chi connectivity index (χ2n) is 4.96. The number of hydrogen-bond acceptors (Lipinski definition) is 6. The van der Waals surface area contributed by atoms with E-state index in [2.05, 4.69) is 10.6 Å². The highest BCUT2D eigenvalue weighted by molar-refractivity contribution is 5.69. The average Bonchev–Trinajstić information content (AvgIpc) is 2.47. The molecule has 0 aliphatic carbocycles. The standard InChI is InChI=1S/C13H17N3O4/c17-16(18)11-7-13-12(19-4-5-20-13)6-10(11)15-9-2-1-3-14-8-9/h6-7,9,14-15H,1-5,8H2. The summed E-state index contributed by atoms with van der Waals surface area (Å²) < 4.78 is 10.9. The molecule has 1 aromatic carbocycles. The zero-order valence-electron chi connectivity index (χ0n) is 11.1. The average molecular weight is 279 g/mol. The van der Waals surface area contributed by atoms with E-state index in [1.165, 1.54) is 6.07 Å². The molecule has 0 radical (unpaired) electrons. The van der Waals surface area contributed by atoms with Gasteiger partial charge in [-0.05, 0) is 19.4 Å². The molecule has 2 aliphatic heterocycles. The lowest BCUT2D eigenvalue weighted by Crippen LogP contribution is -2.38. The first kappa shape index (κ1) is 13.0. The minimum absolute atomic E-state index is 0.0276. The van der Waals surface area contributed by atoms with Gasteiger partial charge in [-0.15, -0.1) is 0 Å². The molecule has 0 saturated carbocycles. The zero-order chi connectivity index (χ0) is 13.9. The van der Waals surface area contributed by atoms with Gasteiger partial charge in [0.2, 0.25) is 0 Å². The summed E-state index contributed by atoms with van der Waals surface area (Å²) in [5, 5.41) is 17.7. The second kappa shape index (κ2) is 5.54. The van der Waals surface area contributed by atoms with Crippen LogP contribution in [0.15, 0.2) is 12.1 Å². The first-order valence-electron chi connectivity index (χ1n) is 6.79. The van der Waals surface area contributed by atoms with Crippen molar-refractivity contribution in [2.45, 2.75) is 18.9 Å². The van der Waals surface area contributed by atoms with Crippen LogP contribution in [0.4, 0.5) is 11.4 Å². The van der Waals surface area contributed by atoms with Crippen LogP contribution in [0.25, 0.3) is 0 Å². The molecule has 1 atom stereocenters. The van der Waals surface area contributed by atoms with Crippen LogP contribution in [0.5, 0.6) is 11.5 Å². The fraction of sp³-hybridized carbons (Fsp3) is 0.538. The Morgan fingerprint density at radius 1 is 1.30 bits per heavy atom. The Morgan fingerprint density at radius 3 is 2.70 bits per heavy atom. The number of fused-ring (bicyclic) bond motifs is 1. The third-order valence-corrected chi connectivity index (χ3v) is 3.51. The zero-order valence-corrected chi connectivity index (χ0v) is 11.1. The Labute approximate surface area is 116 Å². The quantitative estimate of drug-likeness (QED) is 0.644.